The Morgan fingerprint density at radius 3 is 2.62 bits per heavy atom. The second-order valence-electron chi connectivity index (χ2n) is 5.99. The third-order valence-corrected chi connectivity index (χ3v) is 4.58. The minimum atomic E-state index is -0.874. The van der Waals surface area contributed by atoms with E-state index in [0.717, 1.165) is 24.2 Å². The number of amides is 1. The van der Waals surface area contributed by atoms with Gasteiger partial charge in [0, 0.05) is 17.5 Å². The van der Waals surface area contributed by atoms with Gasteiger partial charge in [-0.3, -0.25) is 9.59 Å². The molecular formula is C16H19NO4. The molecule has 0 aromatic heterocycles. The quantitative estimate of drug-likeness (QED) is 0.833. The number of methoxy groups -OCH3 is 1. The zero-order valence-corrected chi connectivity index (χ0v) is 12.0. The van der Waals surface area contributed by atoms with Crippen molar-refractivity contribution in [3.63, 3.8) is 0 Å². The molecule has 112 valence electrons. The second kappa shape index (κ2) is 5.06. The Morgan fingerprint density at radius 2 is 2.05 bits per heavy atom. The molecule has 3 rings (SSSR count). The summed E-state index contributed by atoms with van der Waals surface area (Å²) in [6.07, 6.45) is 2.49. The van der Waals surface area contributed by atoms with E-state index in [2.05, 4.69) is 5.32 Å². The minimum Gasteiger partial charge on any atom is -0.496 e. The van der Waals surface area contributed by atoms with Gasteiger partial charge in [0.05, 0.1) is 18.9 Å². The molecule has 2 unspecified atom stereocenters. The number of nitrogens with one attached hydrogen (secondary N) is 1. The summed E-state index contributed by atoms with van der Waals surface area (Å²) < 4.78 is 5.40. The van der Waals surface area contributed by atoms with Crippen LogP contribution in [0.2, 0.25) is 0 Å². The van der Waals surface area contributed by atoms with Gasteiger partial charge in [-0.1, -0.05) is 18.2 Å². The molecule has 2 aliphatic carbocycles. The Labute approximate surface area is 123 Å². The number of rotatable bonds is 6. The molecule has 2 N–H and O–H groups in total. The molecular weight excluding hydrogens is 270 g/mol. The van der Waals surface area contributed by atoms with E-state index in [0.29, 0.717) is 13.0 Å². The van der Waals surface area contributed by atoms with Gasteiger partial charge in [-0.05, 0) is 25.3 Å². The fourth-order valence-electron chi connectivity index (χ4n) is 2.92. The highest BCUT2D eigenvalue weighted by Crippen LogP contribution is 2.51. The lowest BCUT2D eigenvalue weighted by Gasteiger charge is -2.19. The van der Waals surface area contributed by atoms with E-state index < -0.39 is 11.9 Å². The SMILES string of the molecule is COc1ccccc1C1(CNC(=O)C2CC2C(=O)O)CC1. The van der Waals surface area contributed by atoms with Crippen molar-refractivity contribution < 1.29 is 19.4 Å². The Balaban J connectivity index is 1.63. The number of carboxylic acid groups (broad SMARTS) is 1. The van der Waals surface area contributed by atoms with E-state index in [-0.39, 0.29) is 17.2 Å². The third-order valence-electron chi connectivity index (χ3n) is 4.58. The zero-order chi connectivity index (χ0) is 15.0. The zero-order valence-electron chi connectivity index (χ0n) is 12.0. The van der Waals surface area contributed by atoms with Crippen LogP contribution in [0.25, 0.3) is 0 Å². The van der Waals surface area contributed by atoms with Crippen LogP contribution < -0.4 is 10.1 Å². The van der Waals surface area contributed by atoms with E-state index in [4.69, 9.17) is 9.84 Å². The van der Waals surface area contributed by atoms with Crippen LogP contribution in [0.1, 0.15) is 24.8 Å². The molecule has 0 bridgehead atoms. The van der Waals surface area contributed by atoms with Crippen LogP contribution in [-0.4, -0.2) is 30.6 Å². The highest BCUT2D eigenvalue weighted by molar-refractivity contribution is 5.89. The van der Waals surface area contributed by atoms with Gasteiger partial charge in [-0.15, -0.1) is 0 Å². The van der Waals surface area contributed by atoms with Crippen LogP contribution >= 0.6 is 0 Å². The van der Waals surface area contributed by atoms with E-state index in [1.54, 1.807) is 7.11 Å². The highest BCUT2D eigenvalue weighted by atomic mass is 16.5. The molecule has 0 radical (unpaired) electrons. The van der Waals surface area contributed by atoms with E-state index in [1.807, 2.05) is 24.3 Å². The van der Waals surface area contributed by atoms with Crippen molar-refractivity contribution >= 4 is 11.9 Å². The van der Waals surface area contributed by atoms with E-state index in [1.165, 1.54) is 0 Å². The number of carbonyl (C=O) groups excluding carboxylic acids is 1. The molecule has 0 heterocycles. The molecule has 1 aromatic carbocycles. The topological polar surface area (TPSA) is 75.6 Å². The monoisotopic (exact) mass is 289 g/mol. The summed E-state index contributed by atoms with van der Waals surface area (Å²) in [6.45, 7) is 0.551. The van der Waals surface area contributed by atoms with Crippen molar-refractivity contribution in [3.05, 3.63) is 29.8 Å². The first kappa shape index (κ1) is 13.9. The summed E-state index contributed by atoms with van der Waals surface area (Å²) in [5.74, 6) is -1.01. The van der Waals surface area contributed by atoms with Crippen LogP contribution in [0.15, 0.2) is 24.3 Å². The molecule has 1 aromatic rings. The Kier molecular flexibility index (Phi) is 3.35. The van der Waals surface area contributed by atoms with Crippen LogP contribution in [0.4, 0.5) is 0 Å². The van der Waals surface area contributed by atoms with Gasteiger partial charge in [0.1, 0.15) is 5.75 Å². The number of carboxylic acids is 1. The van der Waals surface area contributed by atoms with Gasteiger partial charge in [-0.2, -0.15) is 0 Å². The van der Waals surface area contributed by atoms with E-state index >= 15 is 0 Å². The molecule has 2 aliphatic rings. The molecule has 0 aliphatic heterocycles. The second-order valence-corrected chi connectivity index (χ2v) is 5.99. The average molecular weight is 289 g/mol. The first-order valence-corrected chi connectivity index (χ1v) is 7.21. The first-order valence-electron chi connectivity index (χ1n) is 7.21. The summed E-state index contributed by atoms with van der Waals surface area (Å²) in [5.41, 5.74) is 1.08. The predicted molar refractivity (Wildman–Crippen MR) is 76.1 cm³/mol. The highest BCUT2D eigenvalue weighted by Gasteiger charge is 2.50. The van der Waals surface area contributed by atoms with Crippen molar-refractivity contribution in [1.82, 2.24) is 5.32 Å². The van der Waals surface area contributed by atoms with Crippen molar-refractivity contribution in [2.24, 2.45) is 11.8 Å². The Bertz CT molecular complexity index is 579. The third kappa shape index (κ3) is 2.60. The maximum absolute atomic E-state index is 12.0. The smallest absolute Gasteiger partial charge is 0.307 e. The van der Waals surface area contributed by atoms with Crippen molar-refractivity contribution in [3.8, 4) is 5.75 Å². The molecule has 5 nitrogen and oxygen atoms in total. The lowest BCUT2D eigenvalue weighted by Crippen LogP contribution is -2.34. The van der Waals surface area contributed by atoms with E-state index in [9.17, 15) is 9.59 Å². The number of carbonyl (C=O) groups is 2. The summed E-state index contributed by atoms with van der Waals surface area (Å²) in [4.78, 5) is 22.8. The molecule has 0 spiro atoms. The van der Waals surface area contributed by atoms with Crippen LogP contribution in [0.3, 0.4) is 0 Å². The fourth-order valence-corrected chi connectivity index (χ4v) is 2.92. The van der Waals surface area contributed by atoms with Gasteiger partial charge in [-0.25, -0.2) is 0 Å². The molecule has 5 heteroatoms. The molecule has 1 amide bonds. The number of hydrogen-bond acceptors (Lipinski definition) is 3. The van der Waals surface area contributed by atoms with Crippen molar-refractivity contribution in [1.29, 1.82) is 0 Å². The number of hydrogen-bond donors (Lipinski definition) is 2. The number of benzene rings is 1. The molecule has 2 atom stereocenters. The predicted octanol–water partition coefficient (Wildman–Crippen LogP) is 1.56. The van der Waals surface area contributed by atoms with Crippen LogP contribution in [0, 0.1) is 11.8 Å². The Morgan fingerprint density at radius 1 is 1.33 bits per heavy atom. The summed E-state index contributed by atoms with van der Waals surface area (Å²) in [6, 6.07) is 7.87. The molecule has 0 saturated heterocycles. The standard InChI is InChI=1S/C16H19NO4/c1-21-13-5-3-2-4-12(13)16(6-7-16)9-17-14(18)10-8-11(10)15(19)20/h2-5,10-11H,6-9H2,1H3,(H,17,18)(H,19,20). The number of para-hydroxylation sites is 1. The first-order chi connectivity index (χ1) is 10.1. The lowest BCUT2D eigenvalue weighted by molar-refractivity contribution is -0.140. The summed E-state index contributed by atoms with van der Waals surface area (Å²) in [7, 11) is 1.65. The average Bonchev–Trinajstić information content (AvgIpc) is 3.38. The maximum Gasteiger partial charge on any atom is 0.307 e. The molecule has 21 heavy (non-hydrogen) atoms. The lowest BCUT2D eigenvalue weighted by atomic mass is 9.95. The summed E-state index contributed by atoms with van der Waals surface area (Å²) in [5, 5.41) is 11.8. The van der Waals surface area contributed by atoms with Gasteiger partial charge >= 0.3 is 5.97 Å². The van der Waals surface area contributed by atoms with Crippen molar-refractivity contribution in [2.75, 3.05) is 13.7 Å². The minimum absolute atomic E-state index is 0.0458. The van der Waals surface area contributed by atoms with Gasteiger partial charge in [0.25, 0.3) is 0 Å². The number of ether oxygens (including phenoxy) is 1. The normalized spacial score (nSPS) is 25.0. The largest absolute Gasteiger partial charge is 0.496 e. The van der Waals surface area contributed by atoms with Crippen LogP contribution in [-0.2, 0) is 15.0 Å². The van der Waals surface area contributed by atoms with Gasteiger partial charge in [0.2, 0.25) is 5.91 Å². The maximum atomic E-state index is 12.0. The van der Waals surface area contributed by atoms with Crippen LogP contribution in [0.5, 0.6) is 5.75 Å². The Hall–Kier alpha value is -2.04. The molecule has 2 fully saturated rings. The van der Waals surface area contributed by atoms with Crippen molar-refractivity contribution in [2.45, 2.75) is 24.7 Å². The number of aliphatic carboxylic acids is 1. The summed E-state index contributed by atoms with van der Waals surface area (Å²) >= 11 is 0. The molecule has 2 saturated carbocycles. The van der Waals surface area contributed by atoms with Gasteiger partial charge in [0.15, 0.2) is 0 Å². The fraction of sp³-hybridized carbons (Fsp3) is 0.500. The van der Waals surface area contributed by atoms with Gasteiger partial charge < -0.3 is 15.2 Å².